The van der Waals surface area contributed by atoms with Crippen LogP contribution in [0.15, 0.2) is 66.3 Å². The van der Waals surface area contributed by atoms with Crippen LogP contribution in [-0.4, -0.2) is 15.0 Å². The molecule has 4 rings (SSSR count). The molecule has 145 valence electrons. The van der Waals surface area contributed by atoms with Crippen molar-refractivity contribution in [2.75, 3.05) is 0 Å². The lowest BCUT2D eigenvalue weighted by atomic mass is 9.92. The second-order valence-corrected chi connectivity index (χ2v) is 7.37. The number of alkyl halides is 3. The number of halogens is 3. The molecule has 0 bridgehead atoms. The summed E-state index contributed by atoms with van der Waals surface area (Å²) in [7, 11) is 0. The smallest absolute Gasteiger partial charge is 0.244 e. The third kappa shape index (κ3) is 3.91. The average molecular weight is 410 g/mol. The average Bonchev–Trinajstić information content (AvgIpc) is 3.23. The Hall–Kier alpha value is -3.06. The van der Waals surface area contributed by atoms with Crippen LogP contribution >= 0.6 is 11.3 Å². The molecule has 0 unspecified atom stereocenters. The summed E-state index contributed by atoms with van der Waals surface area (Å²) in [6.07, 6.45) is -0.102. The first-order valence-electron chi connectivity index (χ1n) is 8.84. The molecule has 0 fully saturated rings. The lowest BCUT2D eigenvalue weighted by Gasteiger charge is -2.15. The second kappa shape index (κ2) is 7.75. The van der Waals surface area contributed by atoms with Gasteiger partial charge in [0.1, 0.15) is 0 Å². The van der Waals surface area contributed by atoms with Gasteiger partial charge >= 0.3 is 6.18 Å². The van der Waals surface area contributed by atoms with Crippen LogP contribution in [0.5, 0.6) is 0 Å². The lowest BCUT2D eigenvalue weighted by molar-refractivity contribution is -0.137. The third-order valence-corrected chi connectivity index (χ3v) is 5.54. The largest absolute Gasteiger partial charge is 0.416 e. The molecular weight excluding hydrogens is 395 g/mol. The summed E-state index contributed by atoms with van der Waals surface area (Å²) in [6, 6.07) is 15.1. The van der Waals surface area contributed by atoms with E-state index >= 15 is 0 Å². The van der Waals surface area contributed by atoms with E-state index in [2.05, 4.69) is 21.3 Å². The van der Waals surface area contributed by atoms with Crippen LogP contribution in [0, 0.1) is 6.33 Å². The molecule has 0 aliphatic heterocycles. The first-order chi connectivity index (χ1) is 13.9. The van der Waals surface area contributed by atoms with E-state index in [9.17, 15) is 13.2 Å². The van der Waals surface area contributed by atoms with E-state index in [0.717, 1.165) is 23.3 Å². The van der Waals surface area contributed by atoms with Gasteiger partial charge in [-0.3, -0.25) is 0 Å². The summed E-state index contributed by atoms with van der Waals surface area (Å²) in [5, 5.41) is 0. The Morgan fingerprint density at radius 2 is 1.79 bits per heavy atom. The Morgan fingerprint density at radius 1 is 1.00 bits per heavy atom. The van der Waals surface area contributed by atoms with E-state index in [1.807, 2.05) is 37.3 Å². The molecule has 1 atom stereocenters. The zero-order valence-electron chi connectivity index (χ0n) is 15.3. The van der Waals surface area contributed by atoms with Crippen LogP contribution in [0.1, 0.15) is 29.5 Å². The van der Waals surface area contributed by atoms with Crippen molar-refractivity contribution in [3.63, 3.8) is 0 Å². The summed E-state index contributed by atoms with van der Waals surface area (Å²) in [6.45, 7) is 2.04. The van der Waals surface area contributed by atoms with Crippen molar-refractivity contribution in [2.45, 2.75) is 19.0 Å². The molecule has 0 amide bonds. The van der Waals surface area contributed by atoms with Crippen molar-refractivity contribution >= 4 is 11.3 Å². The van der Waals surface area contributed by atoms with Gasteiger partial charge in [0.2, 0.25) is 0 Å². The molecular formula is C22H15F3N3S. The lowest BCUT2D eigenvalue weighted by Crippen LogP contribution is -2.05. The van der Waals surface area contributed by atoms with E-state index < -0.39 is 11.7 Å². The van der Waals surface area contributed by atoms with E-state index in [-0.39, 0.29) is 5.92 Å². The van der Waals surface area contributed by atoms with Gasteiger partial charge in [0.25, 0.3) is 0 Å². The van der Waals surface area contributed by atoms with Crippen molar-refractivity contribution in [3.05, 3.63) is 89.3 Å². The summed E-state index contributed by atoms with van der Waals surface area (Å²) in [5.74, 6) is -0.00254. The van der Waals surface area contributed by atoms with Gasteiger partial charge in [-0.05, 0) is 17.7 Å². The summed E-state index contributed by atoms with van der Waals surface area (Å²) in [4.78, 5) is 13.4. The van der Waals surface area contributed by atoms with Crippen LogP contribution in [0.3, 0.4) is 0 Å². The predicted molar refractivity (Wildman–Crippen MR) is 106 cm³/mol. The molecule has 2 aromatic heterocycles. The van der Waals surface area contributed by atoms with E-state index in [4.69, 9.17) is 0 Å². The maximum absolute atomic E-state index is 13.1. The van der Waals surface area contributed by atoms with Crippen LogP contribution < -0.4 is 0 Å². The van der Waals surface area contributed by atoms with Crippen molar-refractivity contribution in [1.29, 1.82) is 0 Å². The topological polar surface area (TPSA) is 38.7 Å². The van der Waals surface area contributed by atoms with E-state index in [0.29, 0.717) is 21.8 Å². The minimum Gasteiger partial charge on any atom is -0.244 e. The molecule has 0 aliphatic carbocycles. The number of thiazole rings is 1. The fraction of sp³-hybridized carbons (Fsp3) is 0.136. The molecule has 4 aromatic rings. The highest BCUT2D eigenvalue weighted by Crippen LogP contribution is 2.40. The first-order valence-corrected chi connectivity index (χ1v) is 9.72. The quantitative estimate of drug-likeness (QED) is 0.400. The van der Waals surface area contributed by atoms with Crippen LogP contribution in [0.2, 0.25) is 0 Å². The summed E-state index contributed by atoms with van der Waals surface area (Å²) >= 11 is 1.33. The Kier molecular flexibility index (Phi) is 5.15. The molecule has 0 spiro atoms. The molecule has 0 saturated heterocycles. The highest BCUT2D eigenvalue weighted by atomic mass is 32.1. The molecule has 0 saturated carbocycles. The molecule has 2 heterocycles. The molecule has 3 nitrogen and oxygen atoms in total. The minimum atomic E-state index is -4.41. The van der Waals surface area contributed by atoms with Gasteiger partial charge in [-0.25, -0.2) is 15.0 Å². The Morgan fingerprint density at radius 3 is 2.55 bits per heavy atom. The van der Waals surface area contributed by atoms with Gasteiger partial charge in [-0.2, -0.15) is 13.2 Å². The zero-order valence-corrected chi connectivity index (χ0v) is 16.1. The fourth-order valence-corrected chi connectivity index (χ4v) is 4.01. The van der Waals surface area contributed by atoms with Crippen molar-refractivity contribution in [2.24, 2.45) is 0 Å². The number of nitrogens with zero attached hydrogens (tertiary/aromatic N) is 3. The monoisotopic (exact) mass is 410 g/mol. The number of rotatable bonds is 4. The van der Waals surface area contributed by atoms with Crippen LogP contribution in [0.4, 0.5) is 13.2 Å². The van der Waals surface area contributed by atoms with E-state index in [1.54, 1.807) is 17.8 Å². The maximum atomic E-state index is 13.1. The second-order valence-electron chi connectivity index (χ2n) is 6.51. The third-order valence-electron chi connectivity index (χ3n) is 4.71. The zero-order chi connectivity index (χ0) is 20.4. The van der Waals surface area contributed by atoms with Gasteiger partial charge < -0.3 is 0 Å². The number of hydrogen-bond donors (Lipinski definition) is 0. The van der Waals surface area contributed by atoms with Crippen molar-refractivity contribution in [1.82, 2.24) is 15.0 Å². The van der Waals surface area contributed by atoms with Gasteiger partial charge in [0.15, 0.2) is 6.33 Å². The molecule has 0 N–H and O–H groups in total. The van der Waals surface area contributed by atoms with Crippen molar-refractivity contribution < 1.29 is 13.2 Å². The van der Waals surface area contributed by atoms with Crippen molar-refractivity contribution in [3.8, 4) is 21.8 Å². The van der Waals surface area contributed by atoms with Crippen LogP contribution in [0.25, 0.3) is 21.8 Å². The number of hydrogen-bond acceptors (Lipinski definition) is 4. The minimum absolute atomic E-state index is 0.00254. The van der Waals surface area contributed by atoms with Crippen LogP contribution in [-0.2, 0) is 6.18 Å². The molecule has 2 aromatic carbocycles. The predicted octanol–water partition coefficient (Wildman–Crippen LogP) is 6.24. The summed E-state index contributed by atoms with van der Waals surface area (Å²) < 4.78 is 39.4. The Balaban J connectivity index is 1.81. The van der Waals surface area contributed by atoms with Gasteiger partial charge in [0.05, 0.1) is 27.3 Å². The molecule has 29 heavy (non-hydrogen) atoms. The highest BCUT2D eigenvalue weighted by molar-refractivity contribution is 7.13. The van der Waals surface area contributed by atoms with Gasteiger partial charge in [-0.1, -0.05) is 49.4 Å². The normalized spacial score (nSPS) is 12.7. The molecule has 0 aliphatic rings. The first kappa shape index (κ1) is 19.3. The Bertz CT molecular complexity index is 1120. The van der Waals surface area contributed by atoms with Gasteiger partial charge in [-0.15, -0.1) is 11.3 Å². The summed E-state index contributed by atoms with van der Waals surface area (Å²) in [5.41, 5.74) is 4.36. The maximum Gasteiger partial charge on any atom is 0.416 e. The molecule has 7 heteroatoms. The SMILES string of the molecule is C[C@@H](c1ccccc1)c1cn[c]nc1-c1scnc1-c1cccc(C(F)(F)F)c1. The fourth-order valence-electron chi connectivity index (χ4n) is 3.19. The number of benzene rings is 2. The molecule has 1 radical (unpaired) electrons. The standard InChI is InChI=1S/C22H15F3N3S/c1-14(15-6-3-2-4-7-15)18-11-26-12-27-20(18)21-19(28-13-29-21)16-8-5-9-17(10-16)22(23,24)25/h2-11,13-14H,1H3/t14-/m0/s1. The highest BCUT2D eigenvalue weighted by Gasteiger charge is 2.31. The van der Waals surface area contributed by atoms with Gasteiger partial charge in [0, 0.05) is 23.2 Å². The number of aromatic nitrogens is 3. The van der Waals surface area contributed by atoms with E-state index in [1.165, 1.54) is 17.4 Å². The Labute approximate surface area is 169 Å².